The highest BCUT2D eigenvalue weighted by atomic mass is 16.5. The number of nitrogens with one attached hydrogen (secondary N) is 2. The number of amides is 4. The molecule has 3 atom stereocenters. The summed E-state index contributed by atoms with van der Waals surface area (Å²) in [5.41, 5.74) is 2.06. The molecule has 0 bridgehead atoms. The van der Waals surface area contributed by atoms with Crippen molar-refractivity contribution in [3.63, 3.8) is 0 Å². The predicted molar refractivity (Wildman–Crippen MR) is 113 cm³/mol. The van der Waals surface area contributed by atoms with Gasteiger partial charge in [-0.1, -0.05) is 31.0 Å². The fourth-order valence-corrected chi connectivity index (χ4v) is 4.45. The van der Waals surface area contributed by atoms with Gasteiger partial charge in [0.05, 0.1) is 11.8 Å². The van der Waals surface area contributed by atoms with E-state index in [2.05, 4.69) is 10.6 Å². The topological polar surface area (TPSA) is 105 Å². The molecule has 1 aliphatic heterocycles. The minimum Gasteiger partial charge on any atom is -0.452 e. The number of hydrogen-bond donors (Lipinski definition) is 2. The van der Waals surface area contributed by atoms with Gasteiger partial charge in [-0.2, -0.15) is 0 Å². The van der Waals surface area contributed by atoms with Gasteiger partial charge >= 0.3 is 12.0 Å². The number of urea groups is 1. The molecule has 2 N–H and O–H groups in total. The molecule has 1 heterocycles. The first-order valence-electron chi connectivity index (χ1n) is 11.1. The Kier molecular flexibility index (Phi) is 6.25. The lowest BCUT2D eigenvalue weighted by Gasteiger charge is -2.32. The Bertz CT molecular complexity index is 882. The zero-order chi connectivity index (χ0) is 22.0. The van der Waals surface area contributed by atoms with Crippen LogP contribution in [-0.2, 0) is 25.5 Å². The van der Waals surface area contributed by atoms with Crippen molar-refractivity contribution in [1.82, 2.24) is 10.6 Å². The number of para-hydroxylation sites is 1. The molecular weight excluding hydrogens is 398 g/mol. The standard InChI is InChI=1S/C23H29N3O5/c1-14(20(27)25-23(30)24-16-10-11-16)31-22(29)18-8-4-3-7-17(18)21(28)26-13-12-15-6-2-5-9-19(15)26/h2,5-6,9,14,16-18H,3-4,7-8,10-13H2,1H3,(H2,24,25,27,30). The highest BCUT2D eigenvalue weighted by molar-refractivity contribution is 6.00. The molecule has 1 aromatic rings. The summed E-state index contributed by atoms with van der Waals surface area (Å²) in [5, 5.41) is 4.86. The summed E-state index contributed by atoms with van der Waals surface area (Å²) in [6.07, 6.45) is 4.42. The molecule has 2 fully saturated rings. The number of hydrogen-bond acceptors (Lipinski definition) is 5. The maximum Gasteiger partial charge on any atom is 0.321 e. The number of carbonyl (C=O) groups excluding carboxylic acids is 4. The van der Waals surface area contributed by atoms with Crippen LogP contribution in [0.5, 0.6) is 0 Å². The van der Waals surface area contributed by atoms with Crippen molar-refractivity contribution in [1.29, 1.82) is 0 Å². The van der Waals surface area contributed by atoms with Gasteiger partial charge in [-0.05, 0) is 50.7 Å². The van der Waals surface area contributed by atoms with Gasteiger partial charge in [0.15, 0.2) is 6.10 Å². The Labute approximate surface area is 181 Å². The maximum absolute atomic E-state index is 13.3. The molecule has 3 unspecified atom stereocenters. The lowest BCUT2D eigenvalue weighted by molar-refractivity contribution is -0.162. The zero-order valence-electron chi connectivity index (χ0n) is 17.8. The molecule has 8 heteroatoms. The van der Waals surface area contributed by atoms with Crippen molar-refractivity contribution >= 4 is 29.5 Å². The summed E-state index contributed by atoms with van der Waals surface area (Å²) in [5.74, 6) is -2.30. The molecule has 2 aliphatic carbocycles. The Morgan fingerprint density at radius 2 is 1.74 bits per heavy atom. The summed E-state index contributed by atoms with van der Waals surface area (Å²) >= 11 is 0. The third-order valence-electron chi connectivity index (χ3n) is 6.35. The average molecular weight is 428 g/mol. The normalized spacial score (nSPS) is 23.5. The highest BCUT2D eigenvalue weighted by Crippen LogP contribution is 2.36. The van der Waals surface area contributed by atoms with Gasteiger partial charge in [-0.3, -0.25) is 19.7 Å². The molecule has 31 heavy (non-hydrogen) atoms. The molecule has 3 aliphatic rings. The molecule has 4 rings (SSSR count). The van der Waals surface area contributed by atoms with E-state index in [1.807, 2.05) is 24.3 Å². The van der Waals surface area contributed by atoms with Crippen LogP contribution in [0, 0.1) is 11.8 Å². The van der Waals surface area contributed by atoms with Crippen molar-refractivity contribution < 1.29 is 23.9 Å². The Balaban J connectivity index is 1.37. The van der Waals surface area contributed by atoms with E-state index in [9.17, 15) is 19.2 Å². The third-order valence-corrected chi connectivity index (χ3v) is 6.35. The fraction of sp³-hybridized carbons (Fsp3) is 0.565. The number of nitrogens with zero attached hydrogens (tertiary/aromatic N) is 1. The predicted octanol–water partition coefficient (Wildman–Crippen LogP) is 2.30. The minimum absolute atomic E-state index is 0.0486. The molecule has 0 spiro atoms. The largest absolute Gasteiger partial charge is 0.452 e. The summed E-state index contributed by atoms with van der Waals surface area (Å²) in [6.45, 7) is 2.05. The van der Waals surface area contributed by atoms with Crippen molar-refractivity contribution in [2.45, 2.75) is 64.0 Å². The van der Waals surface area contributed by atoms with Gasteiger partial charge in [0.2, 0.25) is 5.91 Å². The second kappa shape index (κ2) is 9.08. The Morgan fingerprint density at radius 1 is 1.03 bits per heavy atom. The maximum atomic E-state index is 13.3. The number of rotatable bonds is 5. The monoisotopic (exact) mass is 427 g/mol. The third kappa shape index (κ3) is 4.89. The summed E-state index contributed by atoms with van der Waals surface area (Å²) in [7, 11) is 0. The quantitative estimate of drug-likeness (QED) is 0.702. The highest BCUT2D eigenvalue weighted by Gasteiger charge is 2.41. The Morgan fingerprint density at radius 3 is 2.48 bits per heavy atom. The van der Waals surface area contributed by atoms with E-state index in [0.29, 0.717) is 19.4 Å². The number of benzene rings is 1. The molecule has 0 radical (unpaired) electrons. The first kappa shape index (κ1) is 21.3. The van der Waals surface area contributed by atoms with Crippen LogP contribution in [-0.4, -0.2) is 42.5 Å². The first-order valence-corrected chi connectivity index (χ1v) is 11.1. The van der Waals surface area contributed by atoms with E-state index in [0.717, 1.165) is 43.4 Å². The molecule has 4 amide bonds. The first-order chi connectivity index (χ1) is 14.9. The number of imide groups is 1. The summed E-state index contributed by atoms with van der Waals surface area (Å²) < 4.78 is 5.38. The number of fused-ring (bicyclic) bond motifs is 1. The second-order valence-corrected chi connectivity index (χ2v) is 8.68. The van der Waals surface area contributed by atoms with Crippen LogP contribution >= 0.6 is 0 Å². The number of ether oxygens (including phenoxy) is 1. The summed E-state index contributed by atoms with van der Waals surface area (Å²) in [6, 6.07) is 7.38. The number of anilines is 1. The molecule has 1 aromatic carbocycles. The smallest absolute Gasteiger partial charge is 0.321 e. The molecule has 2 saturated carbocycles. The van der Waals surface area contributed by atoms with Crippen molar-refractivity contribution in [3.8, 4) is 0 Å². The van der Waals surface area contributed by atoms with Gasteiger partial charge < -0.3 is 15.0 Å². The van der Waals surface area contributed by atoms with Gasteiger partial charge in [0, 0.05) is 18.3 Å². The van der Waals surface area contributed by atoms with E-state index in [1.165, 1.54) is 6.92 Å². The van der Waals surface area contributed by atoms with Crippen molar-refractivity contribution in [3.05, 3.63) is 29.8 Å². The molecular formula is C23H29N3O5. The van der Waals surface area contributed by atoms with Crippen LogP contribution in [0.4, 0.5) is 10.5 Å². The van der Waals surface area contributed by atoms with E-state index >= 15 is 0 Å². The number of esters is 1. The summed E-state index contributed by atoms with van der Waals surface area (Å²) in [4.78, 5) is 52.0. The van der Waals surface area contributed by atoms with Gasteiger partial charge in [0.25, 0.3) is 5.91 Å². The number of carbonyl (C=O) groups is 4. The fourth-order valence-electron chi connectivity index (χ4n) is 4.45. The lowest BCUT2D eigenvalue weighted by atomic mass is 9.78. The molecule has 8 nitrogen and oxygen atoms in total. The van der Waals surface area contributed by atoms with E-state index in [1.54, 1.807) is 4.90 Å². The molecule has 0 saturated heterocycles. The van der Waals surface area contributed by atoms with E-state index in [-0.39, 0.29) is 11.9 Å². The molecule has 166 valence electrons. The van der Waals surface area contributed by atoms with Crippen LogP contribution in [0.25, 0.3) is 0 Å². The minimum atomic E-state index is -1.11. The van der Waals surface area contributed by atoms with Gasteiger partial charge in [-0.15, -0.1) is 0 Å². The average Bonchev–Trinajstić information content (AvgIpc) is 3.47. The van der Waals surface area contributed by atoms with Crippen LogP contribution in [0.1, 0.15) is 51.0 Å². The van der Waals surface area contributed by atoms with Crippen LogP contribution in [0.15, 0.2) is 24.3 Å². The van der Waals surface area contributed by atoms with Crippen LogP contribution in [0.3, 0.4) is 0 Å². The van der Waals surface area contributed by atoms with Crippen LogP contribution < -0.4 is 15.5 Å². The van der Waals surface area contributed by atoms with E-state index < -0.39 is 35.8 Å². The zero-order valence-corrected chi connectivity index (χ0v) is 17.8. The van der Waals surface area contributed by atoms with E-state index in [4.69, 9.17) is 4.74 Å². The van der Waals surface area contributed by atoms with Crippen molar-refractivity contribution in [2.75, 3.05) is 11.4 Å². The lowest BCUT2D eigenvalue weighted by Crippen LogP contribution is -2.47. The Hall–Kier alpha value is -2.90. The molecule has 0 aromatic heterocycles. The second-order valence-electron chi connectivity index (χ2n) is 8.68. The van der Waals surface area contributed by atoms with Gasteiger partial charge in [-0.25, -0.2) is 4.79 Å². The van der Waals surface area contributed by atoms with Crippen molar-refractivity contribution in [2.24, 2.45) is 11.8 Å². The van der Waals surface area contributed by atoms with Gasteiger partial charge in [0.1, 0.15) is 0 Å². The van der Waals surface area contributed by atoms with Crippen LogP contribution in [0.2, 0.25) is 0 Å². The SMILES string of the molecule is CC(OC(=O)C1CCCCC1C(=O)N1CCc2ccccc21)C(=O)NC(=O)NC1CC1.